The molecule has 2 heteroatoms. The Morgan fingerprint density at radius 3 is 2.59 bits per heavy atom. The van der Waals surface area contributed by atoms with Gasteiger partial charge in [0.15, 0.2) is 0 Å². The standard InChI is InChI=1S/C15H11O2/c16-15(17)11-10-13-8-4-5-9-14(13)12-6-2-1-3-7-12/h1-6,8-11H,(H,16,17). The highest BCUT2D eigenvalue weighted by molar-refractivity contribution is 5.87. The predicted octanol–water partition coefficient (Wildman–Crippen LogP) is 3.25. The fraction of sp³-hybridized carbons (Fsp3) is 0. The molecule has 0 atom stereocenters. The minimum absolute atomic E-state index is 0.873. The van der Waals surface area contributed by atoms with E-state index in [1.807, 2.05) is 48.5 Å². The van der Waals surface area contributed by atoms with Crippen LogP contribution in [0.5, 0.6) is 0 Å². The lowest BCUT2D eigenvalue weighted by atomic mass is 9.99. The van der Waals surface area contributed by atoms with Crippen molar-refractivity contribution in [3.05, 3.63) is 66.2 Å². The lowest BCUT2D eigenvalue weighted by Gasteiger charge is -2.05. The number of rotatable bonds is 3. The summed E-state index contributed by atoms with van der Waals surface area (Å²) in [6, 6.07) is 18.4. The molecule has 0 aromatic heterocycles. The van der Waals surface area contributed by atoms with Gasteiger partial charge in [-0.05, 0) is 28.8 Å². The van der Waals surface area contributed by atoms with Crippen LogP contribution in [0.15, 0.2) is 54.6 Å². The Morgan fingerprint density at radius 2 is 1.88 bits per heavy atom. The molecule has 83 valence electrons. The highest BCUT2D eigenvalue weighted by atomic mass is 16.4. The van der Waals surface area contributed by atoms with Crippen LogP contribution in [0.4, 0.5) is 0 Å². The van der Waals surface area contributed by atoms with Gasteiger partial charge < -0.3 is 5.11 Å². The van der Waals surface area contributed by atoms with Crippen molar-refractivity contribution in [1.82, 2.24) is 0 Å². The van der Waals surface area contributed by atoms with Crippen molar-refractivity contribution < 1.29 is 9.90 Å². The lowest BCUT2D eigenvalue weighted by Crippen LogP contribution is -1.87. The van der Waals surface area contributed by atoms with E-state index < -0.39 is 5.97 Å². The first-order valence-electron chi connectivity index (χ1n) is 5.24. The van der Waals surface area contributed by atoms with Crippen LogP contribution in [0.25, 0.3) is 17.2 Å². The molecule has 0 saturated heterocycles. The zero-order valence-electron chi connectivity index (χ0n) is 9.13. The van der Waals surface area contributed by atoms with Gasteiger partial charge in [0, 0.05) is 6.08 Å². The molecule has 0 aliphatic carbocycles. The van der Waals surface area contributed by atoms with Gasteiger partial charge in [-0.15, -0.1) is 0 Å². The molecule has 17 heavy (non-hydrogen) atoms. The van der Waals surface area contributed by atoms with Crippen LogP contribution in [-0.2, 0) is 4.79 Å². The van der Waals surface area contributed by atoms with Gasteiger partial charge in [-0.25, -0.2) is 4.79 Å². The zero-order chi connectivity index (χ0) is 12.1. The summed E-state index contributed by atoms with van der Waals surface area (Å²) >= 11 is 0. The number of carboxylic acid groups (broad SMARTS) is 1. The van der Waals surface area contributed by atoms with Crippen LogP contribution in [0, 0.1) is 6.07 Å². The second kappa shape index (κ2) is 5.12. The largest absolute Gasteiger partial charge is 0.478 e. The van der Waals surface area contributed by atoms with Crippen LogP contribution in [0.1, 0.15) is 5.56 Å². The van der Waals surface area contributed by atoms with Crippen LogP contribution in [-0.4, -0.2) is 11.1 Å². The molecule has 0 aliphatic heterocycles. The first-order chi connectivity index (χ1) is 8.27. The van der Waals surface area contributed by atoms with Gasteiger partial charge in [-0.3, -0.25) is 0 Å². The van der Waals surface area contributed by atoms with E-state index in [4.69, 9.17) is 5.11 Å². The summed E-state index contributed by atoms with van der Waals surface area (Å²) in [5, 5.41) is 8.64. The van der Waals surface area contributed by atoms with Crippen molar-refractivity contribution in [3.63, 3.8) is 0 Å². The van der Waals surface area contributed by atoms with Gasteiger partial charge in [0.25, 0.3) is 0 Å². The second-order valence-corrected chi connectivity index (χ2v) is 3.54. The smallest absolute Gasteiger partial charge is 0.328 e. The van der Waals surface area contributed by atoms with E-state index in [-0.39, 0.29) is 0 Å². The van der Waals surface area contributed by atoms with Gasteiger partial charge in [-0.2, -0.15) is 0 Å². The van der Waals surface area contributed by atoms with E-state index in [2.05, 4.69) is 6.07 Å². The summed E-state index contributed by atoms with van der Waals surface area (Å²) < 4.78 is 0. The molecule has 2 rings (SSSR count). The molecule has 0 bridgehead atoms. The summed E-state index contributed by atoms with van der Waals surface area (Å²) in [4.78, 5) is 10.5. The normalized spacial score (nSPS) is 10.6. The Kier molecular flexibility index (Phi) is 3.36. The molecule has 0 aliphatic rings. The second-order valence-electron chi connectivity index (χ2n) is 3.54. The molecule has 1 N–H and O–H groups in total. The maximum absolute atomic E-state index is 10.5. The molecule has 2 aromatic rings. The Balaban J connectivity index is 2.45. The van der Waals surface area contributed by atoms with Crippen molar-refractivity contribution >= 4 is 12.0 Å². The highest BCUT2D eigenvalue weighted by Gasteiger charge is 2.01. The molecule has 0 fully saturated rings. The third-order valence-corrected chi connectivity index (χ3v) is 2.37. The Bertz CT molecular complexity index is 542. The van der Waals surface area contributed by atoms with Gasteiger partial charge >= 0.3 is 5.97 Å². The third kappa shape index (κ3) is 2.82. The van der Waals surface area contributed by atoms with Crippen LogP contribution in [0.3, 0.4) is 0 Å². The number of benzene rings is 2. The van der Waals surface area contributed by atoms with Crippen LogP contribution < -0.4 is 0 Å². The van der Waals surface area contributed by atoms with Crippen molar-refractivity contribution in [1.29, 1.82) is 0 Å². The first kappa shape index (κ1) is 11.1. The Labute approximate surface area is 99.8 Å². The number of hydrogen-bond donors (Lipinski definition) is 1. The Morgan fingerprint density at radius 1 is 1.12 bits per heavy atom. The van der Waals surface area contributed by atoms with E-state index in [0.717, 1.165) is 22.8 Å². The topological polar surface area (TPSA) is 37.3 Å². The highest BCUT2D eigenvalue weighted by Crippen LogP contribution is 2.23. The molecule has 0 heterocycles. The van der Waals surface area contributed by atoms with Gasteiger partial charge in [0.05, 0.1) is 0 Å². The molecule has 0 amide bonds. The van der Waals surface area contributed by atoms with Crippen molar-refractivity contribution in [3.8, 4) is 11.1 Å². The summed E-state index contributed by atoms with van der Waals surface area (Å²) in [5.74, 6) is -0.947. The zero-order valence-corrected chi connectivity index (χ0v) is 9.13. The average Bonchev–Trinajstić information content (AvgIpc) is 2.38. The first-order valence-corrected chi connectivity index (χ1v) is 5.24. The summed E-state index contributed by atoms with van der Waals surface area (Å²) in [7, 11) is 0. The van der Waals surface area contributed by atoms with Crippen LogP contribution >= 0.6 is 0 Å². The van der Waals surface area contributed by atoms with E-state index in [9.17, 15) is 4.79 Å². The van der Waals surface area contributed by atoms with E-state index in [1.54, 1.807) is 6.08 Å². The molecule has 0 spiro atoms. The fourth-order valence-electron chi connectivity index (χ4n) is 1.61. The number of hydrogen-bond acceptors (Lipinski definition) is 1. The molecular formula is C15H11O2. The van der Waals surface area contributed by atoms with Gasteiger partial charge in [0.2, 0.25) is 0 Å². The number of carbonyl (C=O) groups is 1. The number of aliphatic carboxylic acids is 1. The monoisotopic (exact) mass is 223 g/mol. The van der Waals surface area contributed by atoms with Crippen molar-refractivity contribution in [2.24, 2.45) is 0 Å². The van der Waals surface area contributed by atoms with Gasteiger partial charge in [0.1, 0.15) is 0 Å². The van der Waals surface area contributed by atoms with E-state index in [1.165, 1.54) is 0 Å². The molecule has 0 unspecified atom stereocenters. The van der Waals surface area contributed by atoms with Crippen molar-refractivity contribution in [2.75, 3.05) is 0 Å². The SMILES string of the molecule is O=C(O)C=Cc1ccccc1-c1[c]cccc1. The van der Waals surface area contributed by atoms with Crippen LogP contribution in [0.2, 0.25) is 0 Å². The van der Waals surface area contributed by atoms with Crippen molar-refractivity contribution in [2.45, 2.75) is 0 Å². The molecule has 0 saturated carbocycles. The lowest BCUT2D eigenvalue weighted by molar-refractivity contribution is -0.131. The minimum atomic E-state index is -0.947. The molecule has 1 radical (unpaired) electrons. The quantitative estimate of drug-likeness (QED) is 0.811. The third-order valence-electron chi connectivity index (χ3n) is 2.37. The molecular weight excluding hydrogens is 212 g/mol. The Hall–Kier alpha value is -2.35. The fourth-order valence-corrected chi connectivity index (χ4v) is 1.61. The summed E-state index contributed by atoms with van der Waals surface area (Å²) in [6.45, 7) is 0. The maximum Gasteiger partial charge on any atom is 0.328 e. The summed E-state index contributed by atoms with van der Waals surface area (Å²) in [6.07, 6.45) is 2.74. The average molecular weight is 223 g/mol. The molecule has 2 aromatic carbocycles. The predicted molar refractivity (Wildman–Crippen MR) is 67.4 cm³/mol. The van der Waals surface area contributed by atoms with E-state index in [0.29, 0.717) is 0 Å². The minimum Gasteiger partial charge on any atom is -0.478 e. The number of carboxylic acids is 1. The molecule has 2 nitrogen and oxygen atoms in total. The summed E-state index contributed by atoms with van der Waals surface area (Å²) in [5.41, 5.74) is 2.81. The maximum atomic E-state index is 10.5. The van der Waals surface area contributed by atoms with E-state index >= 15 is 0 Å². The van der Waals surface area contributed by atoms with Gasteiger partial charge in [-0.1, -0.05) is 48.5 Å².